The first kappa shape index (κ1) is 19.8. The second-order valence-electron chi connectivity index (χ2n) is 6.29. The van der Waals surface area contributed by atoms with Gasteiger partial charge in [-0.2, -0.15) is 0 Å². The van der Waals surface area contributed by atoms with E-state index >= 15 is 0 Å². The Bertz CT molecular complexity index is 804. The molecule has 2 aromatic carbocycles. The van der Waals surface area contributed by atoms with Crippen molar-refractivity contribution in [3.05, 3.63) is 88.3 Å². The number of benzene rings is 2. The molecular weight excluding hydrogens is 385 g/mol. The average molecular weight is 406 g/mol. The van der Waals surface area contributed by atoms with Crippen LogP contribution >= 0.6 is 23.2 Å². The monoisotopic (exact) mass is 405 g/mol. The normalized spacial score (nSPS) is 12.3. The minimum Gasteiger partial charge on any atom is -0.491 e. The fourth-order valence-electron chi connectivity index (χ4n) is 2.73. The van der Waals surface area contributed by atoms with Crippen LogP contribution in [0.25, 0.3) is 0 Å². The highest BCUT2D eigenvalue weighted by atomic mass is 35.5. The SMILES string of the molecule is OC(COc1ccc(Cl)cc1)CN(Cc1ccc(Cl)cc1)Cc1ccco1. The molecule has 3 aromatic rings. The van der Waals surface area contributed by atoms with E-state index in [4.69, 9.17) is 32.4 Å². The van der Waals surface area contributed by atoms with Gasteiger partial charge in [0.2, 0.25) is 0 Å². The Kier molecular flexibility index (Phi) is 7.18. The molecular formula is C21H21Cl2NO3. The van der Waals surface area contributed by atoms with Gasteiger partial charge >= 0.3 is 0 Å². The molecule has 1 unspecified atom stereocenters. The van der Waals surface area contributed by atoms with Crippen LogP contribution in [-0.4, -0.2) is 29.3 Å². The Morgan fingerprint density at radius 1 is 0.926 bits per heavy atom. The van der Waals surface area contributed by atoms with E-state index in [1.54, 1.807) is 30.5 Å². The fourth-order valence-corrected chi connectivity index (χ4v) is 2.98. The summed E-state index contributed by atoms with van der Waals surface area (Å²) in [5.41, 5.74) is 1.11. The Labute approximate surface area is 168 Å². The van der Waals surface area contributed by atoms with Gasteiger partial charge < -0.3 is 14.3 Å². The van der Waals surface area contributed by atoms with E-state index in [2.05, 4.69) is 4.90 Å². The van der Waals surface area contributed by atoms with Crippen molar-refractivity contribution in [3.63, 3.8) is 0 Å². The molecule has 0 saturated carbocycles. The lowest BCUT2D eigenvalue weighted by molar-refractivity contribution is 0.0605. The van der Waals surface area contributed by atoms with Gasteiger partial charge in [0.25, 0.3) is 0 Å². The zero-order chi connectivity index (χ0) is 19.1. The molecule has 27 heavy (non-hydrogen) atoms. The first-order chi connectivity index (χ1) is 13.1. The Morgan fingerprint density at radius 2 is 1.59 bits per heavy atom. The summed E-state index contributed by atoms with van der Waals surface area (Å²) in [7, 11) is 0. The van der Waals surface area contributed by atoms with Gasteiger partial charge in [0.1, 0.15) is 24.2 Å². The van der Waals surface area contributed by atoms with Crippen molar-refractivity contribution in [2.75, 3.05) is 13.2 Å². The third kappa shape index (κ3) is 6.60. The Hall–Kier alpha value is -1.98. The first-order valence-corrected chi connectivity index (χ1v) is 9.40. The van der Waals surface area contributed by atoms with Crippen LogP contribution < -0.4 is 4.74 Å². The van der Waals surface area contributed by atoms with Crippen LogP contribution in [-0.2, 0) is 13.1 Å². The van der Waals surface area contributed by atoms with Crippen molar-refractivity contribution < 1.29 is 14.3 Å². The number of nitrogens with zero attached hydrogens (tertiary/aromatic N) is 1. The number of hydrogen-bond donors (Lipinski definition) is 1. The Balaban J connectivity index is 1.59. The van der Waals surface area contributed by atoms with Crippen molar-refractivity contribution >= 4 is 23.2 Å². The molecule has 0 aliphatic carbocycles. The van der Waals surface area contributed by atoms with Crippen molar-refractivity contribution in [1.82, 2.24) is 4.90 Å². The van der Waals surface area contributed by atoms with E-state index in [1.807, 2.05) is 36.4 Å². The van der Waals surface area contributed by atoms with E-state index in [0.717, 1.165) is 11.3 Å². The van der Waals surface area contributed by atoms with Crippen LogP contribution in [0.15, 0.2) is 71.3 Å². The van der Waals surface area contributed by atoms with E-state index in [0.29, 0.717) is 35.4 Å². The van der Waals surface area contributed by atoms with Crippen molar-refractivity contribution in [3.8, 4) is 5.75 Å². The zero-order valence-electron chi connectivity index (χ0n) is 14.7. The molecule has 0 fully saturated rings. The van der Waals surface area contributed by atoms with Crippen LogP contribution in [0.2, 0.25) is 10.0 Å². The lowest BCUT2D eigenvalue weighted by Gasteiger charge is -2.24. The van der Waals surface area contributed by atoms with Gasteiger partial charge in [-0.25, -0.2) is 0 Å². The standard InChI is InChI=1S/C21H21Cl2NO3/c22-17-5-3-16(4-6-17)12-24(14-21-2-1-11-26-21)13-19(25)15-27-20-9-7-18(23)8-10-20/h1-11,19,25H,12-15H2. The number of halogens is 2. The summed E-state index contributed by atoms with van der Waals surface area (Å²) >= 11 is 11.8. The van der Waals surface area contributed by atoms with Crippen LogP contribution in [0.1, 0.15) is 11.3 Å². The van der Waals surface area contributed by atoms with Gasteiger partial charge in [0, 0.05) is 23.1 Å². The van der Waals surface area contributed by atoms with Crippen molar-refractivity contribution in [2.24, 2.45) is 0 Å². The fraction of sp³-hybridized carbons (Fsp3) is 0.238. The van der Waals surface area contributed by atoms with Crippen molar-refractivity contribution in [2.45, 2.75) is 19.2 Å². The van der Waals surface area contributed by atoms with E-state index < -0.39 is 6.10 Å². The molecule has 0 radical (unpaired) electrons. The molecule has 0 bridgehead atoms. The van der Waals surface area contributed by atoms with Crippen LogP contribution in [0.4, 0.5) is 0 Å². The highest BCUT2D eigenvalue weighted by molar-refractivity contribution is 6.30. The highest BCUT2D eigenvalue weighted by Crippen LogP contribution is 2.17. The molecule has 6 heteroatoms. The zero-order valence-corrected chi connectivity index (χ0v) is 16.2. The smallest absolute Gasteiger partial charge is 0.119 e. The van der Waals surface area contributed by atoms with E-state index in [9.17, 15) is 5.11 Å². The third-order valence-corrected chi connectivity index (χ3v) is 4.51. The summed E-state index contributed by atoms with van der Waals surface area (Å²) in [6.45, 7) is 1.89. The predicted molar refractivity (Wildman–Crippen MR) is 107 cm³/mol. The number of aliphatic hydroxyl groups is 1. The van der Waals surface area contributed by atoms with Crippen LogP contribution in [0.5, 0.6) is 5.75 Å². The number of ether oxygens (including phenoxy) is 1. The number of rotatable bonds is 9. The van der Waals surface area contributed by atoms with Gasteiger partial charge in [-0.15, -0.1) is 0 Å². The van der Waals surface area contributed by atoms with Crippen LogP contribution in [0, 0.1) is 0 Å². The van der Waals surface area contributed by atoms with E-state index in [1.165, 1.54) is 0 Å². The summed E-state index contributed by atoms with van der Waals surface area (Å²) in [4.78, 5) is 2.11. The maximum Gasteiger partial charge on any atom is 0.119 e. The Morgan fingerprint density at radius 3 is 2.22 bits per heavy atom. The number of hydrogen-bond acceptors (Lipinski definition) is 4. The largest absolute Gasteiger partial charge is 0.491 e. The second-order valence-corrected chi connectivity index (χ2v) is 7.17. The first-order valence-electron chi connectivity index (χ1n) is 8.64. The maximum absolute atomic E-state index is 10.4. The lowest BCUT2D eigenvalue weighted by Crippen LogP contribution is -2.35. The molecule has 142 valence electrons. The number of aliphatic hydroxyl groups excluding tert-OH is 1. The molecule has 0 saturated heterocycles. The highest BCUT2D eigenvalue weighted by Gasteiger charge is 2.15. The summed E-state index contributed by atoms with van der Waals surface area (Å²) in [6, 6.07) is 18.5. The summed E-state index contributed by atoms with van der Waals surface area (Å²) in [5, 5.41) is 11.8. The molecule has 0 aliphatic rings. The maximum atomic E-state index is 10.4. The topological polar surface area (TPSA) is 45.8 Å². The molecule has 1 heterocycles. The summed E-state index contributed by atoms with van der Waals surface area (Å²) in [5.74, 6) is 1.52. The quantitative estimate of drug-likeness (QED) is 0.542. The molecule has 1 N–H and O–H groups in total. The van der Waals surface area contributed by atoms with Gasteiger partial charge in [-0.05, 0) is 54.1 Å². The number of furan rings is 1. The molecule has 0 aliphatic heterocycles. The van der Waals surface area contributed by atoms with Gasteiger partial charge in [-0.1, -0.05) is 35.3 Å². The third-order valence-electron chi connectivity index (χ3n) is 4.00. The van der Waals surface area contributed by atoms with Gasteiger partial charge in [0.15, 0.2) is 0 Å². The predicted octanol–water partition coefficient (Wildman–Crippen LogP) is 5.03. The lowest BCUT2D eigenvalue weighted by atomic mass is 10.2. The van der Waals surface area contributed by atoms with Crippen LogP contribution in [0.3, 0.4) is 0 Å². The molecule has 3 rings (SSSR count). The van der Waals surface area contributed by atoms with E-state index in [-0.39, 0.29) is 6.61 Å². The van der Waals surface area contributed by atoms with Gasteiger partial charge in [-0.3, -0.25) is 4.90 Å². The molecule has 1 aromatic heterocycles. The molecule has 1 atom stereocenters. The minimum absolute atomic E-state index is 0.191. The molecule has 4 nitrogen and oxygen atoms in total. The van der Waals surface area contributed by atoms with Crippen molar-refractivity contribution in [1.29, 1.82) is 0 Å². The summed E-state index contributed by atoms with van der Waals surface area (Å²) in [6.07, 6.45) is 0.999. The molecule has 0 amide bonds. The second kappa shape index (κ2) is 9.81. The molecule has 0 spiro atoms. The average Bonchev–Trinajstić information content (AvgIpc) is 3.16. The summed E-state index contributed by atoms with van der Waals surface area (Å²) < 4.78 is 11.1. The minimum atomic E-state index is -0.650. The van der Waals surface area contributed by atoms with Gasteiger partial charge in [0.05, 0.1) is 12.8 Å².